The Hall–Kier alpha value is -0.450. The molecule has 0 bridgehead atoms. The summed E-state index contributed by atoms with van der Waals surface area (Å²) in [6.07, 6.45) is 5.53. The summed E-state index contributed by atoms with van der Waals surface area (Å²) < 4.78 is 0. The third-order valence-corrected chi connectivity index (χ3v) is 4.45. The lowest BCUT2D eigenvalue weighted by Gasteiger charge is -2.27. The van der Waals surface area contributed by atoms with Gasteiger partial charge < -0.3 is 10.0 Å². The SMILES string of the molecule is CC(C)N1CCCC(O)(Cc2cncs2)CC1. The van der Waals surface area contributed by atoms with Crippen LogP contribution in [0.2, 0.25) is 0 Å². The molecule has 0 radical (unpaired) electrons. The van der Waals surface area contributed by atoms with Crippen molar-refractivity contribution >= 4 is 11.3 Å². The van der Waals surface area contributed by atoms with Gasteiger partial charge in [-0.3, -0.25) is 4.98 Å². The fourth-order valence-corrected chi connectivity index (χ4v) is 3.28. The van der Waals surface area contributed by atoms with E-state index >= 15 is 0 Å². The average Bonchev–Trinajstić information content (AvgIpc) is 2.67. The number of hydrogen-bond acceptors (Lipinski definition) is 4. The number of hydrogen-bond donors (Lipinski definition) is 1. The number of likely N-dealkylation sites (tertiary alicyclic amines) is 1. The molecular weight excluding hydrogens is 232 g/mol. The van der Waals surface area contributed by atoms with Gasteiger partial charge in [0.25, 0.3) is 0 Å². The molecule has 0 saturated carbocycles. The van der Waals surface area contributed by atoms with E-state index in [1.54, 1.807) is 11.3 Å². The second kappa shape index (κ2) is 5.46. The standard InChI is InChI=1S/C13H22N2OS/c1-11(2)15-6-3-4-13(16,5-7-15)8-12-9-14-10-17-12/h9-11,16H,3-8H2,1-2H3. The van der Waals surface area contributed by atoms with E-state index in [-0.39, 0.29) is 0 Å². The number of nitrogens with zero attached hydrogens (tertiary/aromatic N) is 2. The molecular formula is C13H22N2OS. The van der Waals surface area contributed by atoms with Crippen molar-refractivity contribution in [2.75, 3.05) is 13.1 Å². The minimum absolute atomic E-state index is 0.518. The monoisotopic (exact) mass is 254 g/mol. The predicted molar refractivity (Wildman–Crippen MR) is 71.3 cm³/mol. The first-order valence-corrected chi connectivity index (χ1v) is 7.31. The highest BCUT2D eigenvalue weighted by atomic mass is 32.1. The quantitative estimate of drug-likeness (QED) is 0.899. The van der Waals surface area contributed by atoms with Gasteiger partial charge in [0, 0.05) is 30.1 Å². The molecule has 1 unspecified atom stereocenters. The fourth-order valence-electron chi connectivity index (χ4n) is 2.55. The van der Waals surface area contributed by atoms with Crippen molar-refractivity contribution in [1.82, 2.24) is 9.88 Å². The van der Waals surface area contributed by atoms with E-state index in [1.807, 2.05) is 11.7 Å². The Bertz CT molecular complexity index is 339. The maximum atomic E-state index is 10.7. The second-order valence-corrected chi connectivity index (χ2v) is 6.32. The van der Waals surface area contributed by atoms with Gasteiger partial charge in [-0.25, -0.2) is 0 Å². The molecule has 1 fully saturated rings. The van der Waals surface area contributed by atoms with E-state index in [1.165, 1.54) is 4.88 Å². The van der Waals surface area contributed by atoms with Crippen molar-refractivity contribution in [3.05, 3.63) is 16.6 Å². The second-order valence-electron chi connectivity index (χ2n) is 5.35. The van der Waals surface area contributed by atoms with E-state index < -0.39 is 5.60 Å². The number of aromatic nitrogens is 1. The zero-order chi connectivity index (χ0) is 12.3. The molecule has 4 heteroatoms. The van der Waals surface area contributed by atoms with Crippen LogP contribution in [0.4, 0.5) is 0 Å². The Morgan fingerprint density at radius 2 is 2.29 bits per heavy atom. The van der Waals surface area contributed by atoms with Crippen molar-refractivity contribution in [1.29, 1.82) is 0 Å². The molecule has 1 saturated heterocycles. The smallest absolute Gasteiger partial charge is 0.0794 e. The lowest BCUT2D eigenvalue weighted by Crippen LogP contribution is -2.35. The predicted octanol–water partition coefficient (Wildman–Crippen LogP) is 2.31. The summed E-state index contributed by atoms with van der Waals surface area (Å²) in [5, 5.41) is 10.7. The van der Waals surface area contributed by atoms with Gasteiger partial charge in [0.05, 0.1) is 11.1 Å². The third-order valence-electron chi connectivity index (χ3n) is 3.67. The minimum atomic E-state index is -0.518. The molecule has 1 aromatic rings. The summed E-state index contributed by atoms with van der Waals surface area (Å²) in [5.41, 5.74) is 1.33. The Labute approximate surface area is 107 Å². The van der Waals surface area contributed by atoms with Gasteiger partial charge in [0.2, 0.25) is 0 Å². The molecule has 1 aromatic heterocycles. The van der Waals surface area contributed by atoms with E-state index in [0.717, 1.165) is 38.8 Å². The van der Waals surface area contributed by atoms with Crippen LogP contribution >= 0.6 is 11.3 Å². The van der Waals surface area contributed by atoms with Crippen LogP contribution in [0.5, 0.6) is 0 Å². The largest absolute Gasteiger partial charge is 0.389 e. The molecule has 1 atom stereocenters. The lowest BCUT2D eigenvalue weighted by molar-refractivity contribution is 0.0256. The van der Waals surface area contributed by atoms with E-state index in [0.29, 0.717) is 6.04 Å². The fraction of sp³-hybridized carbons (Fsp3) is 0.769. The van der Waals surface area contributed by atoms with Crippen LogP contribution in [0.25, 0.3) is 0 Å². The highest BCUT2D eigenvalue weighted by Gasteiger charge is 2.31. The van der Waals surface area contributed by atoms with Crippen LogP contribution in [0.3, 0.4) is 0 Å². The molecule has 1 N–H and O–H groups in total. The molecule has 1 aliphatic heterocycles. The summed E-state index contributed by atoms with van der Waals surface area (Å²) in [5.74, 6) is 0. The van der Waals surface area contributed by atoms with E-state index in [4.69, 9.17) is 0 Å². The third kappa shape index (κ3) is 3.50. The molecule has 0 spiro atoms. The van der Waals surface area contributed by atoms with Crippen LogP contribution in [-0.2, 0) is 6.42 Å². The summed E-state index contributed by atoms with van der Waals surface area (Å²) in [6, 6.07) is 0.584. The summed E-state index contributed by atoms with van der Waals surface area (Å²) in [6.45, 7) is 6.58. The zero-order valence-electron chi connectivity index (χ0n) is 10.7. The van der Waals surface area contributed by atoms with Crippen molar-refractivity contribution in [2.45, 2.75) is 51.2 Å². The topological polar surface area (TPSA) is 36.4 Å². The van der Waals surface area contributed by atoms with Gasteiger partial charge in [0.1, 0.15) is 0 Å². The van der Waals surface area contributed by atoms with Gasteiger partial charge in [-0.1, -0.05) is 0 Å². The molecule has 3 nitrogen and oxygen atoms in total. The molecule has 1 aliphatic rings. The number of rotatable bonds is 3. The molecule has 0 aliphatic carbocycles. The first-order chi connectivity index (χ1) is 8.09. The van der Waals surface area contributed by atoms with Crippen LogP contribution in [0, 0.1) is 0 Å². The van der Waals surface area contributed by atoms with Gasteiger partial charge in [-0.2, -0.15) is 0 Å². The van der Waals surface area contributed by atoms with Crippen molar-refractivity contribution in [2.24, 2.45) is 0 Å². The van der Waals surface area contributed by atoms with Crippen LogP contribution in [-0.4, -0.2) is 39.7 Å². The maximum absolute atomic E-state index is 10.7. The number of thiazole rings is 1. The van der Waals surface area contributed by atoms with Gasteiger partial charge in [-0.15, -0.1) is 11.3 Å². The average molecular weight is 254 g/mol. The zero-order valence-corrected chi connectivity index (χ0v) is 11.5. The summed E-state index contributed by atoms with van der Waals surface area (Å²) in [7, 11) is 0. The van der Waals surface area contributed by atoms with E-state index in [2.05, 4.69) is 23.7 Å². The molecule has 2 rings (SSSR count). The molecule has 2 heterocycles. The Kier molecular flexibility index (Phi) is 4.17. The van der Waals surface area contributed by atoms with Crippen LogP contribution in [0.1, 0.15) is 38.0 Å². The molecule has 17 heavy (non-hydrogen) atoms. The van der Waals surface area contributed by atoms with Gasteiger partial charge >= 0.3 is 0 Å². The van der Waals surface area contributed by atoms with Crippen LogP contribution < -0.4 is 0 Å². The highest BCUT2D eigenvalue weighted by molar-refractivity contribution is 7.09. The Balaban J connectivity index is 1.96. The first-order valence-electron chi connectivity index (χ1n) is 6.43. The molecule has 96 valence electrons. The van der Waals surface area contributed by atoms with Crippen molar-refractivity contribution < 1.29 is 5.11 Å². The number of aliphatic hydroxyl groups is 1. The van der Waals surface area contributed by atoms with Crippen molar-refractivity contribution in [3.63, 3.8) is 0 Å². The first kappa shape index (κ1) is 13.0. The minimum Gasteiger partial charge on any atom is -0.389 e. The molecule has 0 aromatic carbocycles. The Morgan fingerprint density at radius 1 is 1.47 bits per heavy atom. The lowest BCUT2D eigenvalue weighted by atomic mass is 9.91. The van der Waals surface area contributed by atoms with Crippen molar-refractivity contribution in [3.8, 4) is 0 Å². The highest BCUT2D eigenvalue weighted by Crippen LogP contribution is 2.28. The Morgan fingerprint density at radius 3 is 2.94 bits per heavy atom. The maximum Gasteiger partial charge on any atom is 0.0794 e. The normalized spacial score (nSPS) is 27.3. The van der Waals surface area contributed by atoms with E-state index in [9.17, 15) is 5.11 Å². The van der Waals surface area contributed by atoms with Gasteiger partial charge in [0.15, 0.2) is 0 Å². The molecule has 0 amide bonds. The van der Waals surface area contributed by atoms with Crippen LogP contribution in [0.15, 0.2) is 11.7 Å². The summed E-state index contributed by atoms with van der Waals surface area (Å²) >= 11 is 1.64. The van der Waals surface area contributed by atoms with Gasteiger partial charge in [-0.05, 0) is 39.7 Å². The summed E-state index contributed by atoms with van der Waals surface area (Å²) in [4.78, 5) is 7.74.